The van der Waals surface area contributed by atoms with Crippen LogP contribution in [0.5, 0.6) is 0 Å². The molecule has 1 aliphatic rings. The maximum absolute atomic E-state index is 13.9. The van der Waals surface area contributed by atoms with Gasteiger partial charge in [0, 0.05) is 0 Å². The van der Waals surface area contributed by atoms with Crippen LogP contribution in [0.25, 0.3) is 0 Å². The van der Waals surface area contributed by atoms with Crippen LogP contribution in [-0.4, -0.2) is 41.1 Å². The Labute approximate surface area is 143 Å². The summed E-state index contributed by atoms with van der Waals surface area (Å²) < 4.78 is 63.9. The fraction of sp³-hybridized carbons (Fsp3) is 0.588. The highest BCUT2D eigenvalue weighted by atomic mass is 19.4. The molecular formula is C17H21F4NO3. The number of benzene rings is 1. The Kier molecular flexibility index (Phi) is 5.32. The summed E-state index contributed by atoms with van der Waals surface area (Å²) in [5.74, 6) is -0.547. The minimum Gasteiger partial charge on any atom is -0.444 e. The molecule has 1 saturated heterocycles. The standard InChI is InChI=1S/C17H21F4NO3/c1-10-13(9-11-7-5-6-8-12(11)18)22(14(24-10)17(19,20)21)15(23)25-16(2,3)4/h5-8,10,13-14H,9H2,1-4H3/t10-,13-,14-/m0/s1. The molecule has 1 fully saturated rings. The van der Waals surface area contributed by atoms with E-state index in [9.17, 15) is 22.4 Å². The third-order valence-corrected chi connectivity index (χ3v) is 3.77. The first-order chi connectivity index (χ1) is 11.4. The molecule has 25 heavy (non-hydrogen) atoms. The van der Waals surface area contributed by atoms with E-state index >= 15 is 0 Å². The maximum Gasteiger partial charge on any atom is 0.433 e. The van der Waals surface area contributed by atoms with Crippen LogP contribution in [0.1, 0.15) is 33.3 Å². The molecule has 0 spiro atoms. The fourth-order valence-electron chi connectivity index (χ4n) is 2.69. The first-order valence-corrected chi connectivity index (χ1v) is 7.87. The number of carbonyl (C=O) groups is 1. The molecule has 140 valence electrons. The molecule has 0 radical (unpaired) electrons. The molecule has 8 heteroatoms. The highest BCUT2D eigenvalue weighted by Gasteiger charge is 2.56. The SMILES string of the molecule is C[C@@H]1O[C@@H](C(F)(F)F)N(C(=O)OC(C)(C)C)[C@H]1Cc1ccccc1F. The minimum absolute atomic E-state index is 0.111. The summed E-state index contributed by atoms with van der Waals surface area (Å²) in [4.78, 5) is 12.9. The minimum atomic E-state index is -4.78. The van der Waals surface area contributed by atoms with Gasteiger partial charge in [-0.05, 0) is 45.7 Å². The lowest BCUT2D eigenvalue weighted by atomic mass is 10.0. The van der Waals surface area contributed by atoms with E-state index in [1.54, 1.807) is 26.8 Å². The molecular weight excluding hydrogens is 342 g/mol. The molecule has 4 nitrogen and oxygen atoms in total. The Bertz CT molecular complexity index is 627. The summed E-state index contributed by atoms with van der Waals surface area (Å²) in [5, 5.41) is 0. The van der Waals surface area contributed by atoms with Gasteiger partial charge < -0.3 is 9.47 Å². The van der Waals surface area contributed by atoms with Crippen molar-refractivity contribution in [3.8, 4) is 0 Å². The number of amides is 1. The first-order valence-electron chi connectivity index (χ1n) is 7.87. The molecule has 0 aliphatic carbocycles. The van der Waals surface area contributed by atoms with E-state index in [-0.39, 0.29) is 12.0 Å². The van der Waals surface area contributed by atoms with Crippen molar-refractivity contribution < 1.29 is 31.8 Å². The van der Waals surface area contributed by atoms with Crippen molar-refractivity contribution in [3.63, 3.8) is 0 Å². The van der Waals surface area contributed by atoms with Crippen LogP contribution in [0.3, 0.4) is 0 Å². The zero-order valence-corrected chi connectivity index (χ0v) is 14.4. The van der Waals surface area contributed by atoms with Gasteiger partial charge in [0.2, 0.25) is 6.23 Å². The van der Waals surface area contributed by atoms with Crippen LogP contribution < -0.4 is 0 Å². The molecule has 1 heterocycles. The molecule has 2 rings (SSSR count). The second-order valence-electron chi connectivity index (χ2n) is 6.99. The van der Waals surface area contributed by atoms with Crippen LogP contribution in [0.4, 0.5) is 22.4 Å². The zero-order chi connectivity index (χ0) is 19.0. The van der Waals surface area contributed by atoms with Crippen molar-refractivity contribution in [1.82, 2.24) is 4.90 Å². The van der Waals surface area contributed by atoms with Gasteiger partial charge in [0.1, 0.15) is 11.4 Å². The molecule has 0 unspecified atom stereocenters. The van der Waals surface area contributed by atoms with Crippen LogP contribution in [0.2, 0.25) is 0 Å². The average Bonchev–Trinajstić information content (AvgIpc) is 2.77. The Morgan fingerprint density at radius 2 is 1.84 bits per heavy atom. The maximum atomic E-state index is 13.9. The van der Waals surface area contributed by atoms with Gasteiger partial charge in [-0.3, -0.25) is 4.90 Å². The summed E-state index contributed by atoms with van der Waals surface area (Å²) in [6, 6.07) is 4.75. The first kappa shape index (κ1) is 19.5. The normalized spacial score (nSPS) is 24.5. The van der Waals surface area contributed by atoms with E-state index in [4.69, 9.17) is 9.47 Å². The number of hydrogen-bond acceptors (Lipinski definition) is 3. The van der Waals surface area contributed by atoms with E-state index in [1.807, 2.05) is 0 Å². The van der Waals surface area contributed by atoms with Crippen LogP contribution in [-0.2, 0) is 15.9 Å². The van der Waals surface area contributed by atoms with Gasteiger partial charge in [0.25, 0.3) is 0 Å². The number of nitrogens with zero attached hydrogens (tertiary/aromatic N) is 1. The number of halogens is 4. The van der Waals surface area contributed by atoms with E-state index in [1.165, 1.54) is 25.1 Å². The Hall–Kier alpha value is -1.83. The van der Waals surface area contributed by atoms with E-state index in [2.05, 4.69) is 0 Å². The van der Waals surface area contributed by atoms with Crippen LogP contribution in [0.15, 0.2) is 24.3 Å². The fourth-order valence-corrected chi connectivity index (χ4v) is 2.69. The van der Waals surface area contributed by atoms with Gasteiger partial charge in [-0.1, -0.05) is 18.2 Å². The van der Waals surface area contributed by atoms with Crippen LogP contribution in [0, 0.1) is 5.82 Å². The predicted octanol–water partition coefficient (Wildman–Crippen LogP) is 4.28. The monoisotopic (exact) mass is 363 g/mol. The molecule has 1 aromatic carbocycles. The summed E-state index contributed by atoms with van der Waals surface area (Å²) in [6.45, 7) is 6.09. The van der Waals surface area contributed by atoms with Crippen molar-refractivity contribution in [1.29, 1.82) is 0 Å². The highest BCUT2D eigenvalue weighted by Crippen LogP contribution is 2.37. The molecule has 3 atom stereocenters. The number of rotatable bonds is 2. The largest absolute Gasteiger partial charge is 0.444 e. The number of hydrogen-bond donors (Lipinski definition) is 0. The molecule has 0 aromatic heterocycles. The van der Waals surface area contributed by atoms with Crippen molar-refractivity contribution in [2.45, 2.75) is 64.3 Å². The molecule has 0 saturated carbocycles. The molecule has 0 N–H and O–H groups in total. The smallest absolute Gasteiger partial charge is 0.433 e. The number of carbonyl (C=O) groups excluding carboxylic acids is 1. The molecule has 1 aliphatic heterocycles. The molecule has 1 amide bonds. The van der Waals surface area contributed by atoms with E-state index in [0.717, 1.165) is 0 Å². The second kappa shape index (κ2) is 6.82. The van der Waals surface area contributed by atoms with Crippen molar-refractivity contribution in [2.24, 2.45) is 0 Å². The van der Waals surface area contributed by atoms with Gasteiger partial charge in [-0.15, -0.1) is 0 Å². The zero-order valence-electron chi connectivity index (χ0n) is 14.4. The lowest BCUT2D eigenvalue weighted by Gasteiger charge is -2.32. The highest BCUT2D eigenvalue weighted by molar-refractivity contribution is 5.69. The average molecular weight is 363 g/mol. The van der Waals surface area contributed by atoms with Crippen molar-refractivity contribution >= 4 is 6.09 Å². The van der Waals surface area contributed by atoms with Gasteiger partial charge >= 0.3 is 12.3 Å². The quantitative estimate of drug-likeness (QED) is 0.736. The lowest BCUT2D eigenvalue weighted by Crippen LogP contribution is -2.51. The van der Waals surface area contributed by atoms with Gasteiger partial charge in [-0.25, -0.2) is 9.18 Å². The number of ether oxygens (including phenoxy) is 2. The van der Waals surface area contributed by atoms with Crippen molar-refractivity contribution in [2.75, 3.05) is 0 Å². The predicted molar refractivity (Wildman–Crippen MR) is 82.4 cm³/mol. The van der Waals surface area contributed by atoms with E-state index < -0.39 is 42.1 Å². The molecule has 1 aromatic rings. The third kappa shape index (κ3) is 4.62. The third-order valence-electron chi connectivity index (χ3n) is 3.77. The van der Waals surface area contributed by atoms with E-state index in [0.29, 0.717) is 4.90 Å². The van der Waals surface area contributed by atoms with Gasteiger partial charge in [0.05, 0.1) is 12.1 Å². The summed E-state index contributed by atoms with van der Waals surface area (Å²) in [6.07, 6.45) is -9.39. The van der Waals surface area contributed by atoms with Gasteiger partial charge in [-0.2, -0.15) is 13.2 Å². The van der Waals surface area contributed by atoms with Gasteiger partial charge in [0.15, 0.2) is 0 Å². The second-order valence-corrected chi connectivity index (χ2v) is 6.99. The number of alkyl halides is 3. The topological polar surface area (TPSA) is 38.8 Å². The summed E-state index contributed by atoms with van der Waals surface area (Å²) in [7, 11) is 0. The Balaban J connectivity index is 2.34. The summed E-state index contributed by atoms with van der Waals surface area (Å²) >= 11 is 0. The summed E-state index contributed by atoms with van der Waals surface area (Å²) in [5.41, 5.74) is -0.763. The lowest BCUT2D eigenvalue weighted by molar-refractivity contribution is -0.241. The Morgan fingerprint density at radius 1 is 1.24 bits per heavy atom. The molecule has 0 bridgehead atoms. The van der Waals surface area contributed by atoms with Crippen molar-refractivity contribution in [3.05, 3.63) is 35.6 Å². The Morgan fingerprint density at radius 3 is 2.36 bits per heavy atom. The van der Waals surface area contributed by atoms with Crippen LogP contribution >= 0.6 is 0 Å².